The summed E-state index contributed by atoms with van der Waals surface area (Å²) in [6, 6.07) is 19.8. The van der Waals surface area contributed by atoms with Gasteiger partial charge in [-0.25, -0.2) is 9.59 Å². The molecule has 0 amide bonds. The number of carboxylic acids is 2. The van der Waals surface area contributed by atoms with Crippen LogP contribution in [0.15, 0.2) is 110 Å². The van der Waals surface area contributed by atoms with E-state index >= 15 is 0 Å². The number of non-ortho nitro benzene ring substituents is 2. The van der Waals surface area contributed by atoms with Gasteiger partial charge in [0.1, 0.15) is 0 Å². The second kappa shape index (κ2) is 29.8. The Morgan fingerprint density at radius 2 is 0.756 bits per heavy atom. The van der Waals surface area contributed by atoms with Crippen molar-refractivity contribution in [3.63, 3.8) is 0 Å². The van der Waals surface area contributed by atoms with Gasteiger partial charge in [0, 0.05) is 48.5 Å². The average molecular weight is 689 g/mol. The molecule has 20 nitrogen and oxygen atoms in total. The second-order valence-electron chi connectivity index (χ2n) is 6.69. The van der Waals surface area contributed by atoms with Gasteiger partial charge in [-0.2, -0.15) is 9.46 Å². The number of benzene rings is 2. The number of aromatic nitrogens is 2. The molecule has 0 aliphatic carbocycles. The van der Waals surface area contributed by atoms with E-state index in [1.165, 1.54) is 49.1 Å². The van der Waals surface area contributed by atoms with E-state index in [-0.39, 0.29) is 72.4 Å². The number of pyridine rings is 2. The van der Waals surface area contributed by atoms with Crippen LogP contribution in [0.5, 0.6) is 0 Å². The molecule has 16 N–H and O–H groups in total. The molecule has 249 valence electrons. The third-order valence-electron chi connectivity index (χ3n) is 4.03. The molecular weight excluding hydrogens is 655 g/mol. The van der Waals surface area contributed by atoms with E-state index in [1.54, 1.807) is 36.4 Å². The van der Waals surface area contributed by atoms with Crippen LogP contribution in [0.3, 0.4) is 0 Å². The first-order valence-electron chi connectivity index (χ1n) is 10.2. The molecular formula is C24H34MnN4O16+4. The summed E-state index contributed by atoms with van der Waals surface area (Å²) in [5.74, 6) is -2.19. The molecule has 0 spiro atoms. The van der Waals surface area contributed by atoms with E-state index in [4.69, 9.17) is 10.2 Å². The average Bonchev–Trinajstić information content (AvgIpc) is 2.91. The van der Waals surface area contributed by atoms with Crippen LogP contribution in [0, 0.1) is 30.6 Å². The summed E-state index contributed by atoms with van der Waals surface area (Å²) in [5.41, 5.74) is -0.138. The monoisotopic (exact) mass is 689 g/mol. The van der Waals surface area contributed by atoms with Crippen molar-refractivity contribution in [2.24, 2.45) is 0 Å². The Hall–Kier alpha value is -5.64. The Balaban J connectivity index is -0.0000000833. The van der Waals surface area contributed by atoms with Gasteiger partial charge in [-0.05, 0) is 24.3 Å². The van der Waals surface area contributed by atoms with E-state index in [2.05, 4.69) is 0 Å². The molecule has 0 saturated heterocycles. The number of hydrogen-bond acceptors (Lipinski definition) is 10. The molecule has 4 aromatic rings. The Kier molecular flexibility index (Phi) is 36.7. The number of hydrogen-bond donors (Lipinski definition) is 2. The quantitative estimate of drug-likeness (QED) is 0.0663. The molecule has 2 aromatic heterocycles. The zero-order chi connectivity index (χ0) is 28.5. The van der Waals surface area contributed by atoms with Crippen LogP contribution < -0.4 is 9.46 Å². The minimum atomic E-state index is -1.09. The Labute approximate surface area is 263 Å². The molecule has 2 aromatic carbocycles. The Bertz CT molecular complexity index is 1160. The normalized spacial score (nSPS) is 7.64. The van der Waals surface area contributed by atoms with Crippen LogP contribution in [0.1, 0.15) is 20.7 Å². The largest absolute Gasteiger partial charge is 2.00 e. The summed E-state index contributed by atoms with van der Waals surface area (Å²) < 4.78 is 1.50. The van der Waals surface area contributed by atoms with Crippen molar-refractivity contribution in [2.75, 3.05) is 0 Å². The van der Waals surface area contributed by atoms with Crippen molar-refractivity contribution >= 4 is 23.3 Å². The Morgan fingerprint density at radius 1 is 0.533 bits per heavy atom. The van der Waals surface area contributed by atoms with Gasteiger partial charge in [0.25, 0.3) is 11.4 Å². The maximum atomic E-state index is 10.3. The summed E-state index contributed by atoms with van der Waals surface area (Å²) in [5, 5.41) is 57.5. The van der Waals surface area contributed by atoms with Crippen molar-refractivity contribution in [2.45, 2.75) is 0 Å². The number of carbonyl (C=O) groups is 2. The topological polar surface area (TPSA) is 407 Å². The van der Waals surface area contributed by atoms with Crippen LogP contribution in [-0.4, -0.2) is 43.0 Å². The SMILES string of the molecule is O=C(O)c1ccc([N+](=O)[O-])cc1.O=C(O)c1ccc([N+](=O)[O-])cc1.[Mn+2].[O-][n+]1ccccc1.[O-][n+]1ccccc1.[OH-].[OH-].[OH3+].[OH3+].[OH3+].[OH3+]. The first kappa shape index (κ1) is 55.3. The van der Waals surface area contributed by atoms with Crippen LogP contribution in [0.4, 0.5) is 11.4 Å². The van der Waals surface area contributed by atoms with E-state index in [9.17, 15) is 40.2 Å². The maximum absolute atomic E-state index is 10.3. The fraction of sp³-hybridized carbons (Fsp3) is 0. The molecule has 0 saturated carbocycles. The van der Waals surface area contributed by atoms with Gasteiger partial charge in [-0.3, -0.25) is 20.2 Å². The van der Waals surface area contributed by atoms with Gasteiger partial charge in [-0.15, -0.1) is 0 Å². The summed E-state index contributed by atoms with van der Waals surface area (Å²) in [7, 11) is 0. The molecule has 4 rings (SSSR count). The third kappa shape index (κ3) is 23.6. The molecule has 0 fully saturated rings. The van der Waals surface area contributed by atoms with Crippen LogP contribution in [0.2, 0.25) is 0 Å². The van der Waals surface area contributed by atoms with E-state index < -0.39 is 21.8 Å². The molecule has 0 atom stereocenters. The summed E-state index contributed by atoms with van der Waals surface area (Å²) >= 11 is 0. The van der Waals surface area contributed by atoms with Gasteiger partial charge in [0.15, 0.2) is 24.8 Å². The Morgan fingerprint density at radius 3 is 0.889 bits per heavy atom. The molecule has 0 aliphatic rings. The number of rotatable bonds is 4. The number of carboxylic acid groups (broad SMARTS) is 2. The molecule has 0 aliphatic heterocycles. The molecule has 0 unspecified atom stereocenters. The van der Waals surface area contributed by atoms with Gasteiger partial charge < -0.3 is 53.5 Å². The predicted octanol–water partition coefficient (Wildman–Crippen LogP) is -0.818. The zero-order valence-electron chi connectivity index (χ0n) is 22.9. The minimum absolute atomic E-state index is 0. The van der Waals surface area contributed by atoms with Crippen molar-refractivity contribution in [1.29, 1.82) is 0 Å². The minimum Gasteiger partial charge on any atom is -0.870 e. The van der Waals surface area contributed by atoms with Crippen molar-refractivity contribution in [3.05, 3.63) is 151 Å². The van der Waals surface area contributed by atoms with Crippen LogP contribution in [0.25, 0.3) is 0 Å². The number of nitro benzene ring substituents is 2. The van der Waals surface area contributed by atoms with Crippen LogP contribution in [-0.2, 0) is 39.0 Å². The zero-order valence-corrected chi connectivity index (χ0v) is 24.1. The number of aromatic carboxylic acids is 2. The standard InChI is InChI=1S/2C7H5NO4.2C5H5NO.Mn.6H2O/c2*9-7(10)5-1-3-6(4-2-5)8(11)12;2*7-6-4-2-1-3-5-6;;;;;;;/h2*1-4H,(H,9,10);2*1-5H;;6*1H2/q;;;;+2;;;;;;/p+2. The third-order valence-corrected chi connectivity index (χ3v) is 4.03. The molecule has 45 heavy (non-hydrogen) atoms. The van der Waals surface area contributed by atoms with Crippen molar-refractivity contribution in [3.8, 4) is 0 Å². The van der Waals surface area contributed by atoms with E-state index in [0.717, 1.165) is 33.7 Å². The molecule has 0 bridgehead atoms. The molecule has 2 heterocycles. The van der Waals surface area contributed by atoms with E-state index in [0.29, 0.717) is 0 Å². The first-order valence-corrected chi connectivity index (χ1v) is 10.2. The smallest absolute Gasteiger partial charge is 0.870 e. The summed E-state index contributed by atoms with van der Waals surface area (Å²) in [6.45, 7) is 0. The van der Waals surface area contributed by atoms with Crippen LogP contribution >= 0.6 is 0 Å². The van der Waals surface area contributed by atoms with Gasteiger partial charge in [0.05, 0.1) is 21.0 Å². The van der Waals surface area contributed by atoms with E-state index in [1.807, 2.05) is 0 Å². The predicted molar refractivity (Wildman–Crippen MR) is 154 cm³/mol. The molecule has 1 radical (unpaired) electrons. The summed E-state index contributed by atoms with van der Waals surface area (Å²) in [6.07, 6.45) is 5.78. The fourth-order valence-electron chi connectivity index (χ4n) is 2.22. The van der Waals surface area contributed by atoms with Gasteiger partial charge in [0.2, 0.25) is 0 Å². The first-order chi connectivity index (χ1) is 18.0. The number of nitrogens with zero attached hydrogens (tertiary/aromatic N) is 4. The maximum Gasteiger partial charge on any atom is 2.00 e. The molecule has 21 heteroatoms. The van der Waals surface area contributed by atoms with Crippen molar-refractivity contribution < 1.29 is 89.0 Å². The summed E-state index contributed by atoms with van der Waals surface area (Å²) in [4.78, 5) is 39.7. The fourth-order valence-corrected chi connectivity index (χ4v) is 2.22. The van der Waals surface area contributed by atoms with Crippen molar-refractivity contribution in [1.82, 2.24) is 0 Å². The number of nitro groups is 2. The second-order valence-corrected chi connectivity index (χ2v) is 6.69. The van der Waals surface area contributed by atoms with Gasteiger partial charge in [-0.1, -0.05) is 12.1 Å². The van der Waals surface area contributed by atoms with Gasteiger partial charge >= 0.3 is 29.0 Å².